The third-order valence-corrected chi connectivity index (χ3v) is 4.94. The third kappa shape index (κ3) is 5.77. The van der Waals surface area contributed by atoms with Gasteiger partial charge in [-0.2, -0.15) is 0 Å². The Hall–Kier alpha value is -0.900. The molecule has 1 aromatic rings. The highest BCUT2D eigenvalue weighted by molar-refractivity contribution is 14.0. The van der Waals surface area contributed by atoms with Crippen molar-refractivity contribution in [1.29, 1.82) is 0 Å². The maximum absolute atomic E-state index is 12.8. The van der Waals surface area contributed by atoms with Gasteiger partial charge >= 0.3 is 0 Å². The molecule has 21 heavy (non-hydrogen) atoms. The molecule has 0 spiro atoms. The number of nitrogens with zero attached hydrogens (tertiary/aromatic N) is 1. The summed E-state index contributed by atoms with van der Waals surface area (Å²) in [5.74, 6) is 0.646. The molecule has 2 rings (SSSR count). The summed E-state index contributed by atoms with van der Waals surface area (Å²) >= 11 is 0. The van der Waals surface area contributed by atoms with Crippen molar-refractivity contribution in [3.8, 4) is 0 Å². The largest absolute Gasteiger partial charge is 0.353 e. The first-order valence-corrected chi connectivity index (χ1v) is 8.23. The van der Waals surface area contributed by atoms with Gasteiger partial charge < -0.3 is 10.6 Å². The molecule has 1 saturated heterocycles. The molecule has 0 aromatic heterocycles. The molecule has 0 radical (unpaired) electrons. The van der Waals surface area contributed by atoms with Crippen molar-refractivity contribution in [3.05, 3.63) is 35.6 Å². The molecule has 0 saturated carbocycles. The number of sulfone groups is 1. The molecule has 2 N–H and O–H groups in total. The van der Waals surface area contributed by atoms with Gasteiger partial charge in [-0.05, 0) is 24.1 Å². The summed E-state index contributed by atoms with van der Waals surface area (Å²) in [5.41, 5.74) is 0.924. The van der Waals surface area contributed by atoms with Crippen molar-refractivity contribution in [1.82, 2.24) is 10.6 Å². The minimum Gasteiger partial charge on any atom is -0.353 e. The van der Waals surface area contributed by atoms with E-state index in [0.717, 1.165) is 5.56 Å². The molecule has 1 aromatic carbocycles. The molecule has 0 amide bonds. The van der Waals surface area contributed by atoms with Crippen molar-refractivity contribution in [2.75, 3.05) is 18.6 Å². The first kappa shape index (κ1) is 18.1. The van der Waals surface area contributed by atoms with Crippen LogP contribution in [0.2, 0.25) is 0 Å². The van der Waals surface area contributed by atoms with Crippen LogP contribution < -0.4 is 10.6 Å². The van der Waals surface area contributed by atoms with E-state index in [2.05, 4.69) is 15.6 Å². The Bertz CT molecular complexity index is 590. The third-order valence-electron chi connectivity index (χ3n) is 3.17. The van der Waals surface area contributed by atoms with Gasteiger partial charge in [-0.15, -0.1) is 24.0 Å². The Balaban J connectivity index is 0.00000220. The van der Waals surface area contributed by atoms with E-state index in [0.29, 0.717) is 18.9 Å². The van der Waals surface area contributed by atoms with Gasteiger partial charge in [-0.3, -0.25) is 4.99 Å². The van der Waals surface area contributed by atoms with Gasteiger partial charge in [0.2, 0.25) is 0 Å². The lowest BCUT2D eigenvalue weighted by molar-refractivity contribution is 0.599. The fraction of sp³-hybridized carbons (Fsp3) is 0.462. The van der Waals surface area contributed by atoms with Gasteiger partial charge in [0.1, 0.15) is 5.82 Å². The lowest BCUT2D eigenvalue weighted by Gasteiger charge is -2.16. The Morgan fingerprint density at radius 1 is 1.38 bits per heavy atom. The Labute approximate surface area is 141 Å². The normalized spacial score (nSPS) is 20.7. The van der Waals surface area contributed by atoms with Gasteiger partial charge in [-0.25, -0.2) is 12.8 Å². The summed E-state index contributed by atoms with van der Waals surface area (Å²) < 4.78 is 35.6. The van der Waals surface area contributed by atoms with Crippen LogP contribution in [0.5, 0.6) is 0 Å². The molecule has 1 heterocycles. The molecule has 1 atom stereocenters. The second kappa shape index (κ2) is 7.92. The average molecular weight is 427 g/mol. The van der Waals surface area contributed by atoms with Crippen LogP contribution in [0, 0.1) is 5.82 Å². The van der Waals surface area contributed by atoms with Crippen molar-refractivity contribution < 1.29 is 12.8 Å². The topological polar surface area (TPSA) is 70.6 Å². The monoisotopic (exact) mass is 427 g/mol. The quantitative estimate of drug-likeness (QED) is 0.434. The Morgan fingerprint density at radius 3 is 2.57 bits per heavy atom. The highest BCUT2D eigenvalue weighted by atomic mass is 127. The van der Waals surface area contributed by atoms with E-state index in [-0.39, 0.29) is 47.3 Å². The lowest BCUT2D eigenvalue weighted by Crippen LogP contribution is -2.43. The molecule has 1 aliphatic heterocycles. The van der Waals surface area contributed by atoms with E-state index in [4.69, 9.17) is 0 Å². The second-order valence-corrected chi connectivity index (χ2v) is 7.03. The first-order chi connectivity index (χ1) is 9.48. The molecule has 118 valence electrons. The van der Waals surface area contributed by atoms with Crippen LogP contribution in [0.4, 0.5) is 4.39 Å². The highest BCUT2D eigenvalue weighted by Gasteiger charge is 2.28. The minimum atomic E-state index is -2.91. The number of hydrogen-bond acceptors (Lipinski definition) is 3. The second-order valence-electron chi connectivity index (χ2n) is 4.80. The van der Waals surface area contributed by atoms with E-state index in [1.54, 1.807) is 19.2 Å². The van der Waals surface area contributed by atoms with Gasteiger partial charge in [-0.1, -0.05) is 12.1 Å². The number of rotatable bonds is 3. The molecule has 1 aliphatic rings. The highest BCUT2D eigenvalue weighted by Crippen LogP contribution is 2.11. The van der Waals surface area contributed by atoms with Crippen LogP contribution in [-0.2, 0) is 16.4 Å². The van der Waals surface area contributed by atoms with Crippen LogP contribution in [0.3, 0.4) is 0 Å². The number of nitrogens with one attached hydrogen (secondary N) is 2. The summed E-state index contributed by atoms with van der Waals surface area (Å²) in [5, 5.41) is 6.17. The predicted molar refractivity (Wildman–Crippen MR) is 92.2 cm³/mol. The van der Waals surface area contributed by atoms with Crippen molar-refractivity contribution >= 4 is 39.8 Å². The van der Waals surface area contributed by atoms with Crippen molar-refractivity contribution in [2.45, 2.75) is 19.0 Å². The maximum atomic E-state index is 12.8. The molecule has 0 bridgehead atoms. The van der Waals surface area contributed by atoms with Gasteiger partial charge in [0.25, 0.3) is 0 Å². The van der Waals surface area contributed by atoms with E-state index in [1.807, 2.05) is 0 Å². The Morgan fingerprint density at radius 2 is 2.05 bits per heavy atom. The van der Waals surface area contributed by atoms with Gasteiger partial charge in [0, 0.05) is 19.6 Å². The first-order valence-electron chi connectivity index (χ1n) is 6.40. The van der Waals surface area contributed by atoms with Crippen LogP contribution in [0.25, 0.3) is 0 Å². The number of guanidine groups is 1. The summed E-state index contributed by atoms with van der Waals surface area (Å²) in [6, 6.07) is 6.08. The van der Waals surface area contributed by atoms with E-state index in [1.165, 1.54) is 12.1 Å². The molecule has 0 aliphatic carbocycles. The number of aliphatic imine (C=N–C) groups is 1. The van der Waals surface area contributed by atoms with E-state index in [9.17, 15) is 12.8 Å². The molecule has 1 fully saturated rings. The fourth-order valence-electron chi connectivity index (χ4n) is 2.08. The lowest BCUT2D eigenvalue weighted by atomic mass is 10.2. The molecule has 1 unspecified atom stereocenters. The van der Waals surface area contributed by atoms with Crippen LogP contribution in [-0.4, -0.2) is 39.0 Å². The van der Waals surface area contributed by atoms with Gasteiger partial charge in [0.15, 0.2) is 15.8 Å². The smallest absolute Gasteiger partial charge is 0.191 e. The summed E-state index contributed by atoms with van der Waals surface area (Å²) in [6.07, 6.45) is 0.597. The predicted octanol–water partition coefficient (Wildman–Crippen LogP) is 1.30. The standard InChI is InChI=1S/C13H18FN3O2S.HI/c1-15-13(17-12-6-7-20(18,19)9-12)16-8-10-2-4-11(14)5-3-10;/h2-5,12H,6-9H2,1H3,(H2,15,16,17);1H. The average Bonchev–Trinajstić information content (AvgIpc) is 2.75. The van der Waals surface area contributed by atoms with Crippen LogP contribution in [0.1, 0.15) is 12.0 Å². The van der Waals surface area contributed by atoms with Crippen molar-refractivity contribution in [2.24, 2.45) is 4.99 Å². The molecular weight excluding hydrogens is 408 g/mol. The Kier molecular flexibility index (Phi) is 6.85. The van der Waals surface area contributed by atoms with E-state index < -0.39 is 9.84 Å². The molecule has 8 heteroatoms. The van der Waals surface area contributed by atoms with Crippen molar-refractivity contribution in [3.63, 3.8) is 0 Å². The zero-order chi connectivity index (χ0) is 14.6. The fourth-order valence-corrected chi connectivity index (χ4v) is 3.76. The van der Waals surface area contributed by atoms with Gasteiger partial charge in [0.05, 0.1) is 11.5 Å². The zero-order valence-electron chi connectivity index (χ0n) is 11.7. The summed E-state index contributed by atoms with van der Waals surface area (Å²) in [6.45, 7) is 0.499. The zero-order valence-corrected chi connectivity index (χ0v) is 14.8. The minimum absolute atomic E-state index is 0. The van der Waals surface area contributed by atoms with Crippen LogP contribution in [0.15, 0.2) is 29.3 Å². The number of halogens is 2. The summed E-state index contributed by atoms with van der Waals surface area (Å²) in [7, 11) is -1.28. The maximum Gasteiger partial charge on any atom is 0.191 e. The van der Waals surface area contributed by atoms with E-state index >= 15 is 0 Å². The number of benzene rings is 1. The molecule has 5 nitrogen and oxygen atoms in total. The number of hydrogen-bond donors (Lipinski definition) is 2. The SMILES string of the molecule is CN=C(NCc1ccc(F)cc1)NC1CCS(=O)(=O)C1.I. The molecular formula is C13H19FIN3O2S. The summed E-state index contributed by atoms with van der Waals surface area (Å²) in [4.78, 5) is 4.06. The van der Waals surface area contributed by atoms with Crippen LogP contribution >= 0.6 is 24.0 Å².